The van der Waals surface area contributed by atoms with E-state index in [1.807, 2.05) is 12.1 Å². The Hall–Kier alpha value is -10.2. The molecule has 0 fully saturated rings. The van der Waals surface area contributed by atoms with Crippen LogP contribution in [0.1, 0.15) is 0 Å². The van der Waals surface area contributed by atoms with E-state index in [9.17, 15) is 0 Å². The van der Waals surface area contributed by atoms with Crippen LogP contribution < -0.4 is 0 Å². The first-order valence-electron chi connectivity index (χ1n) is 26.5. The summed E-state index contributed by atoms with van der Waals surface area (Å²) < 4.78 is 11.3. The molecule has 0 radical (unpaired) electrons. The number of aromatic nitrogens is 2. The molecule has 0 saturated heterocycles. The monoisotopic (exact) mass is 978 g/mol. The van der Waals surface area contributed by atoms with Crippen LogP contribution in [0.2, 0.25) is 0 Å². The van der Waals surface area contributed by atoms with Gasteiger partial charge in [0.1, 0.15) is 11.2 Å². The van der Waals surface area contributed by atoms with Crippen LogP contribution >= 0.6 is 0 Å². The van der Waals surface area contributed by atoms with E-state index < -0.39 is 0 Å². The molecule has 77 heavy (non-hydrogen) atoms. The second kappa shape index (κ2) is 17.2. The Bertz CT molecular complexity index is 4920. The third kappa shape index (κ3) is 6.84. The molecule has 0 spiro atoms. The van der Waals surface area contributed by atoms with Crippen molar-refractivity contribution in [3.63, 3.8) is 0 Å². The minimum atomic E-state index is 0.909. The molecule has 0 aliphatic carbocycles. The highest BCUT2D eigenvalue weighted by Gasteiger charge is 2.21. The molecule has 3 aromatic heterocycles. The smallest absolute Gasteiger partial charge is 0.143 e. The maximum Gasteiger partial charge on any atom is 0.143 e. The summed E-state index contributed by atoms with van der Waals surface area (Å²) >= 11 is 0. The molecule has 3 heterocycles. The molecule has 16 rings (SSSR count). The van der Waals surface area contributed by atoms with Gasteiger partial charge < -0.3 is 13.6 Å². The molecule has 0 aliphatic heterocycles. The van der Waals surface area contributed by atoms with E-state index in [4.69, 9.17) is 4.42 Å². The highest BCUT2D eigenvalue weighted by molar-refractivity contribution is 6.28. The van der Waals surface area contributed by atoms with Gasteiger partial charge in [-0.25, -0.2) is 0 Å². The van der Waals surface area contributed by atoms with Crippen molar-refractivity contribution >= 4 is 87.1 Å². The van der Waals surface area contributed by atoms with Gasteiger partial charge in [0.15, 0.2) is 0 Å². The Morgan fingerprint density at radius 1 is 0.234 bits per heavy atom. The van der Waals surface area contributed by atoms with Gasteiger partial charge in [0.25, 0.3) is 0 Å². The fraction of sp³-hybridized carbons (Fsp3) is 0. The van der Waals surface area contributed by atoms with E-state index in [-0.39, 0.29) is 0 Å². The zero-order valence-corrected chi connectivity index (χ0v) is 41.9. The first-order chi connectivity index (χ1) is 38.2. The van der Waals surface area contributed by atoms with Gasteiger partial charge in [-0.3, -0.25) is 0 Å². The van der Waals surface area contributed by atoms with E-state index in [2.05, 4.69) is 276 Å². The largest absolute Gasteiger partial charge is 0.455 e. The standard InChI is InChI=1S/C74H46N2O/c1-2-17-56(18-3-1)75-67-27-12-10-23-63(67)64-40-37-53(46-70(64)75)58-19-8-9-20-59(58)55-43-54(44-57(45-55)76-68-41-38-50-15-4-6-21-60(50)72(68)73-61-22-7-5-16-51(61)39-42-69(73)76)49-31-29-47(30-32-49)48-33-35-52(36-34-48)62-25-14-26-66-65-24-11-13-28-71(65)77-74(62)66/h1-46H. The van der Waals surface area contributed by atoms with Gasteiger partial charge in [-0.2, -0.15) is 0 Å². The number of para-hydroxylation sites is 4. The summed E-state index contributed by atoms with van der Waals surface area (Å²) in [5, 5.41) is 12.3. The van der Waals surface area contributed by atoms with Crippen LogP contribution in [0.25, 0.3) is 154 Å². The quantitative estimate of drug-likeness (QED) is 0.156. The predicted molar refractivity (Wildman–Crippen MR) is 325 cm³/mol. The summed E-state index contributed by atoms with van der Waals surface area (Å²) in [4.78, 5) is 0. The Labute approximate surface area is 444 Å². The summed E-state index contributed by atoms with van der Waals surface area (Å²) in [6.45, 7) is 0. The number of hydrogen-bond donors (Lipinski definition) is 0. The minimum absolute atomic E-state index is 0.909. The Morgan fingerprint density at radius 3 is 1.43 bits per heavy atom. The van der Waals surface area contributed by atoms with Crippen molar-refractivity contribution in [2.75, 3.05) is 0 Å². The summed E-state index contributed by atoms with van der Waals surface area (Å²) in [7, 11) is 0. The molecule has 0 unspecified atom stereocenters. The summed E-state index contributed by atoms with van der Waals surface area (Å²) in [5.74, 6) is 0. The van der Waals surface area contributed by atoms with E-state index in [0.717, 1.165) is 72.3 Å². The first-order valence-corrected chi connectivity index (χ1v) is 26.5. The molecule has 0 amide bonds. The Balaban J connectivity index is 0.872. The van der Waals surface area contributed by atoms with E-state index in [0.29, 0.717) is 0 Å². The van der Waals surface area contributed by atoms with Gasteiger partial charge in [0.05, 0.1) is 22.1 Å². The maximum atomic E-state index is 6.42. The Kier molecular flexibility index (Phi) is 9.64. The topological polar surface area (TPSA) is 23.0 Å². The fourth-order valence-electron chi connectivity index (χ4n) is 12.5. The number of fused-ring (bicyclic) bond motifs is 13. The van der Waals surface area contributed by atoms with Crippen LogP contribution in [-0.2, 0) is 0 Å². The Morgan fingerprint density at radius 2 is 0.727 bits per heavy atom. The van der Waals surface area contributed by atoms with Crippen molar-refractivity contribution in [1.82, 2.24) is 9.13 Å². The van der Waals surface area contributed by atoms with Gasteiger partial charge in [-0.15, -0.1) is 0 Å². The lowest BCUT2D eigenvalue weighted by molar-refractivity contribution is 0.670. The molecular formula is C74H46N2O. The maximum absolute atomic E-state index is 6.42. The molecule has 0 atom stereocenters. The van der Waals surface area contributed by atoms with Crippen LogP contribution in [0, 0.1) is 0 Å². The zero-order chi connectivity index (χ0) is 50.6. The van der Waals surface area contributed by atoms with Crippen LogP contribution in [0.15, 0.2) is 283 Å². The summed E-state index contributed by atoms with van der Waals surface area (Å²) in [6.07, 6.45) is 0. The van der Waals surface area contributed by atoms with Gasteiger partial charge in [0.2, 0.25) is 0 Å². The average Bonchev–Trinajstić information content (AvgIpc) is 4.35. The van der Waals surface area contributed by atoms with Gasteiger partial charge >= 0.3 is 0 Å². The second-order valence-corrected chi connectivity index (χ2v) is 20.4. The third-order valence-corrected chi connectivity index (χ3v) is 16.1. The number of furan rings is 1. The van der Waals surface area contributed by atoms with Gasteiger partial charge in [0, 0.05) is 49.3 Å². The molecule has 0 saturated carbocycles. The molecule has 0 bridgehead atoms. The molecule has 358 valence electrons. The summed E-state index contributed by atoms with van der Waals surface area (Å²) in [5.41, 5.74) is 20.3. The molecule has 3 heteroatoms. The fourth-order valence-corrected chi connectivity index (χ4v) is 12.5. The molecule has 0 N–H and O–H groups in total. The SMILES string of the molecule is c1ccc(-n2c3ccccc3c3ccc(-c4ccccc4-c4cc(-c5ccc(-c6ccc(-c7cccc8c7oc7ccccc78)cc6)cc5)cc(-n5c6ccc7ccccc7c6c6c7ccccc7ccc65)c4)cc32)cc1. The predicted octanol–water partition coefficient (Wildman–Crippen LogP) is 20.4. The highest BCUT2D eigenvalue weighted by Crippen LogP contribution is 2.45. The van der Waals surface area contributed by atoms with Crippen molar-refractivity contribution in [3.8, 4) is 67.0 Å². The van der Waals surface area contributed by atoms with Crippen molar-refractivity contribution in [2.24, 2.45) is 0 Å². The lowest BCUT2D eigenvalue weighted by atomic mass is 9.91. The molecule has 0 aliphatic rings. The van der Waals surface area contributed by atoms with Crippen molar-refractivity contribution in [1.29, 1.82) is 0 Å². The van der Waals surface area contributed by atoms with Crippen molar-refractivity contribution in [2.45, 2.75) is 0 Å². The zero-order valence-electron chi connectivity index (χ0n) is 41.9. The van der Waals surface area contributed by atoms with Crippen LogP contribution in [-0.4, -0.2) is 9.13 Å². The van der Waals surface area contributed by atoms with E-state index in [1.54, 1.807) is 0 Å². The van der Waals surface area contributed by atoms with Crippen LogP contribution in [0.5, 0.6) is 0 Å². The highest BCUT2D eigenvalue weighted by atomic mass is 16.3. The second-order valence-electron chi connectivity index (χ2n) is 20.4. The van der Waals surface area contributed by atoms with Crippen LogP contribution in [0.3, 0.4) is 0 Å². The number of rotatable bonds is 7. The number of nitrogens with zero attached hydrogens (tertiary/aromatic N) is 2. The third-order valence-electron chi connectivity index (χ3n) is 16.1. The normalized spacial score (nSPS) is 11.9. The van der Waals surface area contributed by atoms with Crippen LogP contribution in [0.4, 0.5) is 0 Å². The molecular weight excluding hydrogens is 933 g/mol. The molecule has 3 nitrogen and oxygen atoms in total. The minimum Gasteiger partial charge on any atom is -0.455 e. The number of hydrogen-bond acceptors (Lipinski definition) is 1. The van der Waals surface area contributed by atoms with Crippen molar-refractivity contribution in [3.05, 3.63) is 279 Å². The van der Waals surface area contributed by atoms with E-state index in [1.165, 1.54) is 81.8 Å². The number of benzene rings is 13. The van der Waals surface area contributed by atoms with Gasteiger partial charge in [-0.1, -0.05) is 218 Å². The lowest BCUT2D eigenvalue weighted by Crippen LogP contribution is -1.97. The summed E-state index contributed by atoms with van der Waals surface area (Å²) in [6, 6.07) is 102. The molecule has 16 aromatic rings. The first kappa shape index (κ1) is 43.2. The molecule has 13 aromatic carbocycles. The van der Waals surface area contributed by atoms with Gasteiger partial charge in [-0.05, 0) is 132 Å². The average molecular weight is 979 g/mol. The van der Waals surface area contributed by atoms with E-state index >= 15 is 0 Å². The van der Waals surface area contributed by atoms with Crippen molar-refractivity contribution < 1.29 is 4.42 Å². The lowest BCUT2D eigenvalue weighted by Gasteiger charge is -2.17.